The van der Waals surface area contributed by atoms with Crippen molar-refractivity contribution >= 4 is 28.5 Å². The van der Waals surface area contributed by atoms with Gasteiger partial charge in [0.25, 0.3) is 5.91 Å². The average Bonchev–Trinajstić information content (AvgIpc) is 2.46. The van der Waals surface area contributed by atoms with Crippen LogP contribution in [-0.4, -0.2) is 17.6 Å². The zero-order valence-electron chi connectivity index (χ0n) is 11.1. The number of nitrogens with one attached hydrogen (secondary N) is 1. The second-order valence-corrected chi connectivity index (χ2v) is 5.96. The molecule has 0 aliphatic rings. The molecule has 0 saturated heterocycles. The second kappa shape index (κ2) is 6.37. The van der Waals surface area contributed by atoms with Crippen molar-refractivity contribution in [1.82, 2.24) is 5.32 Å². The number of benzene rings is 2. The van der Waals surface area contributed by atoms with Crippen molar-refractivity contribution in [1.29, 1.82) is 0 Å². The summed E-state index contributed by atoms with van der Waals surface area (Å²) in [5.41, 5.74) is 0.317. The maximum absolute atomic E-state index is 12.1. The van der Waals surface area contributed by atoms with Crippen molar-refractivity contribution in [3.05, 3.63) is 69.3 Å². The molecule has 0 bridgehead atoms. The highest BCUT2D eigenvalue weighted by Gasteiger charge is 2.24. The fourth-order valence-electron chi connectivity index (χ4n) is 1.89. The number of hydrogen-bond donors (Lipinski definition) is 2. The lowest BCUT2D eigenvalue weighted by Crippen LogP contribution is -2.38. The summed E-state index contributed by atoms with van der Waals surface area (Å²) in [7, 11) is 0. The molecule has 1 unspecified atom stereocenters. The number of carbonyl (C=O) groups is 1. The molecule has 0 saturated carbocycles. The molecule has 0 spiro atoms. The second-order valence-electron chi connectivity index (χ2n) is 4.80. The minimum Gasteiger partial charge on any atom is -0.384 e. The molecule has 0 aromatic heterocycles. The number of rotatable bonds is 4. The van der Waals surface area contributed by atoms with Crippen LogP contribution < -0.4 is 5.32 Å². The molecule has 1 atom stereocenters. The average molecular weight is 381 g/mol. The van der Waals surface area contributed by atoms with Crippen LogP contribution in [0.1, 0.15) is 22.8 Å². The summed E-state index contributed by atoms with van der Waals surface area (Å²) in [6.45, 7) is 1.86. The summed E-state index contributed by atoms with van der Waals surface area (Å²) in [4.78, 5) is 12.1. The van der Waals surface area contributed by atoms with E-state index < -0.39 is 5.60 Å². The first-order valence-electron chi connectivity index (χ1n) is 6.31. The van der Waals surface area contributed by atoms with Crippen LogP contribution in [0.25, 0.3) is 0 Å². The van der Waals surface area contributed by atoms with Gasteiger partial charge in [-0.15, -0.1) is 0 Å². The van der Waals surface area contributed by atoms with Gasteiger partial charge in [-0.1, -0.05) is 42.5 Å². The van der Waals surface area contributed by atoms with Crippen molar-refractivity contribution in [2.24, 2.45) is 0 Å². The lowest BCUT2D eigenvalue weighted by molar-refractivity contribution is 0.0526. The summed E-state index contributed by atoms with van der Waals surface area (Å²) in [6, 6.07) is 16.7. The molecule has 2 aromatic carbocycles. The first-order valence-corrected chi connectivity index (χ1v) is 7.39. The SMILES string of the molecule is CC(O)(CNC(=O)c1ccccc1I)c1ccccc1. The molecule has 0 aliphatic carbocycles. The van der Waals surface area contributed by atoms with E-state index in [1.54, 1.807) is 13.0 Å². The van der Waals surface area contributed by atoms with Gasteiger partial charge in [-0.05, 0) is 47.2 Å². The minimum absolute atomic E-state index is 0.167. The highest BCUT2D eigenvalue weighted by molar-refractivity contribution is 14.1. The molecule has 20 heavy (non-hydrogen) atoms. The highest BCUT2D eigenvalue weighted by atomic mass is 127. The molecule has 104 valence electrons. The Balaban J connectivity index is 2.05. The van der Waals surface area contributed by atoms with E-state index in [2.05, 4.69) is 27.9 Å². The Bertz CT molecular complexity index is 596. The van der Waals surface area contributed by atoms with Crippen LogP contribution in [0, 0.1) is 3.57 Å². The lowest BCUT2D eigenvalue weighted by Gasteiger charge is -2.24. The van der Waals surface area contributed by atoms with Crippen LogP contribution in [0.4, 0.5) is 0 Å². The van der Waals surface area contributed by atoms with Crippen molar-refractivity contribution in [2.75, 3.05) is 6.54 Å². The molecule has 2 rings (SSSR count). The van der Waals surface area contributed by atoms with Crippen LogP contribution in [0.3, 0.4) is 0 Å². The van der Waals surface area contributed by atoms with Gasteiger partial charge in [0.1, 0.15) is 5.60 Å². The third-order valence-corrected chi connectivity index (χ3v) is 4.05. The largest absolute Gasteiger partial charge is 0.384 e. The van der Waals surface area contributed by atoms with Gasteiger partial charge in [-0.2, -0.15) is 0 Å². The minimum atomic E-state index is -1.09. The van der Waals surface area contributed by atoms with E-state index in [4.69, 9.17) is 0 Å². The Morgan fingerprint density at radius 3 is 2.40 bits per heavy atom. The standard InChI is InChI=1S/C16H16INO2/c1-16(20,12-7-3-2-4-8-12)11-18-15(19)13-9-5-6-10-14(13)17/h2-10,20H,11H2,1H3,(H,18,19). The fraction of sp³-hybridized carbons (Fsp3) is 0.188. The molecule has 1 amide bonds. The maximum Gasteiger partial charge on any atom is 0.252 e. The van der Waals surface area contributed by atoms with Gasteiger partial charge >= 0.3 is 0 Å². The van der Waals surface area contributed by atoms with E-state index in [0.29, 0.717) is 5.56 Å². The van der Waals surface area contributed by atoms with Gasteiger partial charge in [-0.25, -0.2) is 0 Å². The Labute approximate surface area is 132 Å². The summed E-state index contributed by atoms with van der Waals surface area (Å²) >= 11 is 2.12. The quantitative estimate of drug-likeness (QED) is 0.801. The number of carbonyl (C=O) groups excluding carboxylic acids is 1. The van der Waals surface area contributed by atoms with Crippen LogP contribution in [0.5, 0.6) is 0 Å². The molecule has 0 radical (unpaired) electrons. The van der Waals surface area contributed by atoms with E-state index in [0.717, 1.165) is 9.13 Å². The van der Waals surface area contributed by atoms with Crippen molar-refractivity contribution < 1.29 is 9.90 Å². The molecule has 2 aromatic rings. The van der Waals surface area contributed by atoms with Gasteiger partial charge in [0.15, 0.2) is 0 Å². The van der Waals surface area contributed by atoms with Crippen molar-refractivity contribution in [2.45, 2.75) is 12.5 Å². The molecule has 0 aliphatic heterocycles. The van der Waals surface area contributed by atoms with Gasteiger partial charge < -0.3 is 10.4 Å². The molecule has 0 heterocycles. The molecule has 4 heteroatoms. The zero-order valence-corrected chi connectivity index (χ0v) is 13.3. The topological polar surface area (TPSA) is 49.3 Å². The third-order valence-electron chi connectivity index (χ3n) is 3.11. The van der Waals surface area contributed by atoms with Crippen LogP contribution in [0.2, 0.25) is 0 Å². The summed E-state index contributed by atoms with van der Waals surface area (Å²) in [5, 5.41) is 13.2. The third kappa shape index (κ3) is 3.58. The summed E-state index contributed by atoms with van der Waals surface area (Å²) in [5.74, 6) is -0.175. The van der Waals surface area contributed by atoms with Gasteiger partial charge in [0, 0.05) is 3.57 Å². The number of aliphatic hydroxyl groups is 1. The number of hydrogen-bond acceptors (Lipinski definition) is 2. The Morgan fingerprint density at radius 2 is 1.75 bits per heavy atom. The van der Waals surface area contributed by atoms with Crippen LogP contribution in [-0.2, 0) is 5.60 Å². The molecule has 2 N–H and O–H groups in total. The Kier molecular flexibility index (Phi) is 4.77. The fourth-order valence-corrected chi connectivity index (χ4v) is 2.52. The number of amides is 1. The maximum atomic E-state index is 12.1. The van der Waals surface area contributed by atoms with E-state index >= 15 is 0 Å². The first-order chi connectivity index (χ1) is 9.50. The molecular weight excluding hydrogens is 365 g/mol. The summed E-state index contributed by atoms with van der Waals surface area (Å²) in [6.07, 6.45) is 0. The number of halogens is 1. The van der Waals surface area contributed by atoms with Gasteiger partial charge in [-0.3, -0.25) is 4.79 Å². The van der Waals surface area contributed by atoms with Crippen LogP contribution in [0.15, 0.2) is 54.6 Å². The predicted molar refractivity (Wildman–Crippen MR) is 87.5 cm³/mol. The normalized spacial score (nSPS) is 13.6. The molecular formula is C16H16INO2. The van der Waals surface area contributed by atoms with Crippen LogP contribution >= 0.6 is 22.6 Å². The lowest BCUT2D eigenvalue weighted by atomic mass is 9.96. The van der Waals surface area contributed by atoms with E-state index in [-0.39, 0.29) is 12.5 Å². The van der Waals surface area contributed by atoms with E-state index in [1.807, 2.05) is 48.5 Å². The Morgan fingerprint density at radius 1 is 1.15 bits per heavy atom. The van der Waals surface area contributed by atoms with E-state index in [1.165, 1.54) is 0 Å². The molecule has 3 nitrogen and oxygen atoms in total. The zero-order chi connectivity index (χ0) is 14.6. The predicted octanol–water partition coefficient (Wildman–Crippen LogP) is 2.93. The highest BCUT2D eigenvalue weighted by Crippen LogP contribution is 2.19. The van der Waals surface area contributed by atoms with Gasteiger partial charge in [0.2, 0.25) is 0 Å². The summed E-state index contributed by atoms with van der Waals surface area (Å²) < 4.78 is 0.891. The monoisotopic (exact) mass is 381 g/mol. The first kappa shape index (κ1) is 15.0. The van der Waals surface area contributed by atoms with Gasteiger partial charge in [0.05, 0.1) is 12.1 Å². The van der Waals surface area contributed by atoms with E-state index in [9.17, 15) is 9.90 Å². The van der Waals surface area contributed by atoms with Crippen molar-refractivity contribution in [3.63, 3.8) is 0 Å². The smallest absolute Gasteiger partial charge is 0.252 e. The van der Waals surface area contributed by atoms with Crippen molar-refractivity contribution in [3.8, 4) is 0 Å². The Hall–Kier alpha value is -1.40. The molecule has 0 fully saturated rings.